The Bertz CT molecular complexity index is 2300. The number of aliphatic hydroxyl groups is 1. The molecule has 0 radical (unpaired) electrons. The first-order valence-corrected chi connectivity index (χ1v) is 28.7. The number of ketones is 2. The largest absolute Gasteiger partial charge is 0.445 e. The van der Waals surface area contributed by atoms with Crippen molar-refractivity contribution in [3.63, 3.8) is 0 Å². The van der Waals surface area contributed by atoms with Gasteiger partial charge in [0.2, 0.25) is 11.8 Å². The van der Waals surface area contributed by atoms with Gasteiger partial charge < -0.3 is 29.1 Å². The number of imide groups is 2. The summed E-state index contributed by atoms with van der Waals surface area (Å²) in [4.78, 5) is 84.8. The second kappa shape index (κ2) is 20.9. The predicted octanol–water partition coefficient (Wildman–Crippen LogP) is 9.14. The van der Waals surface area contributed by atoms with Gasteiger partial charge in [0.1, 0.15) is 23.8 Å². The summed E-state index contributed by atoms with van der Waals surface area (Å²) in [6, 6.07) is 0. The molecule has 6 saturated carbocycles. The van der Waals surface area contributed by atoms with Gasteiger partial charge in [-0.1, -0.05) is 67.5 Å². The highest BCUT2D eigenvalue weighted by molar-refractivity contribution is 5.94. The number of allylic oxidation sites excluding steroid dienone is 2. The van der Waals surface area contributed by atoms with E-state index in [9.17, 15) is 42.7 Å². The Labute approximate surface area is 444 Å². The van der Waals surface area contributed by atoms with Crippen LogP contribution in [0.15, 0.2) is 24.8 Å². The van der Waals surface area contributed by atoms with Gasteiger partial charge in [-0.25, -0.2) is 18.4 Å². The maximum Gasteiger partial charge on any atom is 0.414 e. The molecule has 4 amide bonds. The van der Waals surface area contributed by atoms with Gasteiger partial charge in [-0.3, -0.25) is 29.8 Å². The Balaban J connectivity index is 0.000000184. The molecule has 8 bridgehead atoms. The van der Waals surface area contributed by atoms with Crippen LogP contribution in [0.5, 0.6) is 0 Å². The molecule has 16 heteroatoms. The molecule has 418 valence electrons. The predicted molar refractivity (Wildman–Crippen MR) is 277 cm³/mol. The zero-order valence-electron chi connectivity index (χ0n) is 46.3. The van der Waals surface area contributed by atoms with Gasteiger partial charge in [-0.2, -0.15) is 0 Å². The number of piperidine rings is 2. The molecule has 22 atom stereocenters. The van der Waals surface area contributed by atoms with Crippen molar-refractivity contribution in [1.82, 2.24) is 20.4 Å². The van der Waals surface area contributed by atoms with E-state index in [2.05, 4.69) is 55.1 Å². The molecule has 75 heavy (non-hydrogen) atoms. The van der Waals surface area contributed by atoms with Gasteiger partial charge in [0.15, 0.2) is 0 Å². The fourth-order valence-electron chi connectivity index (χ4n) is 18.9. The number of amides is 4. The third-order valence-electron chi connectivity index (χ3n) is 23.7. The van der Waals surface area contributed by atoms with Crippen molar-refractivity contribution in [2.24, 2.45) is 91.7 Å². The van der Waals surface area contributed by atoms with Crippen LogP contribution in [-0.4, -0.2) is 121 Å². The Morgan fingerprint density at radius 1 is 0.693 bits per heavy atom. The highest BCUT2D eigenvalue weighted by Gasteiger charge is 2.70. The lowest BCUT2D eigenvalue weighted by atomic mass is 9.43. The molecule has 10 rings (SSSR count). The average molecular weight is 1050 g/mol. The fourth-order valence-corrected chi connectivity index (χ4v) is 18.9. The van der Waals surface area contributed by atoms with Gasteiger partial charge in [0.05, 0.1) is 36.7 Å². The van der Waals surface area contributed by atoms with Crippen molar-refractivity contribution in [1.29, 1.82) is 0 Å². The lowest BCUT2D eigenvalue weighted by Gasteiger charge is -2.62. The smallest absolute Gasteiger partial charge is 0.414 e. The van der Waals surface area contributed by atoms with Crippen molar-refractivity contribution in [2.75, 3.05) is 46.4 Å². The van der Waals surface area contributed by atoms with Crippen LogP contribution in [0.2, 0.25) is 0 Å². The summed E-state index contributed by atoms with van der Waals surface area (Å²) in [6.45, 7) is 21.7. The Kier molecular flexibility index (Phi) is 15.6. The fraction of sp³-hybridized carbons (Fsp3) is 0.831. The van der Waals surface area contributed by atoms with Gasteiger partial charge >= 0.3 is 12.2 Å². The van der Waals surface area contributed by atoms with Crippen molar-refractivity contribution in [3.05, 3.63) is 24.8 Å². The number of methoxy groups -OCH3 is 1. The van der Waals surface area contributed by atoms with Crippen LogP contribution < -0.4 is 10.6 Å². The molecule has 6 unspecified atom stereocenters. The van der Waals surface area contributed by atoms with Crippen molar-refractivity contribution in [2.45, 2.75) is 170 Å². The van der Waals surface area contributed by atoms with E-state index in [-0.39, 0.29) is 125 Å². The van der Waals surface area contributed by atoms with Crippen molar-refractivity contribution in [3.8, 4) is 0 Å². The number of fused-ring (bicyclic) bond motifs is 4. The number of hydrogen-bond donors (Lipinski definition) is 3. The molecule has 0 aromatic carbocycles. The molecule has 3 N–H and O–H groups in total. The molecule has 6 aliphatic carbocycles. The third-order valence-corrected chi connectivity index (χ3v) is 23.7. The third kappa shape index (κ3) is 9.28. The molecular weight excluding hydrogens is 963 g/mol. The van der Waals surface area contributed by atoms with E-state index >= 15 is 0 Å². The minimum absolute atomic E-state index is 0.0352. The van der Waals surface area contributed by atoms with Crippen LogP contribution in [0.1, 0.15) is 145 Å². The molecule has 10 aliphatic rings. The van der Waals surface area contributed by atoms with Gasteiger partial charge in [-0.15, -0.1) is 0 Å². The maximum absolute atomic E-state index is 14.2. The van der Waals surface area contributed by atoms with E-state index in [1.807, 2.05) is 20.8 Å². The number of nitrogens with zero attached hydrogens (tertiary/aromatic N) is 2. The minimum Gasteiger partial charge on any atom is -0.445 e. The minimum atomic E-state index is -0.893. The molecule has 4 saturated heterocycles. The highest BCUT2D eigenvalue weighted by Crippen LogP contribution is 2.70. The zero-order valence-corrected chi connectivity index (χ0v) is 46.3. The van der Waals surface area contributed by atoms with E-state index < -0.39 is 52.2 Å². The van der Waals surface area contributed by atoms with Gasteiger partial charge in [0.25, 0.3) is 0 Å². The van der Waals surface area contributed by atoms with Crippen molar-refractivity contribution < 1.29 is 56.9 Å². The van der Waals surface area contributed by atoms with Gasteiger partial charge in [0, 0.05) is 79.1 Å². The first kappa shape index (κ1) is 56.1. The number of aliphatic hydroxyl groups excluding tert-OH is 1. The summed E-state index contributed by atoms with van der Waals surface area (Å²) < 4.78 is 44.8. The van der Waals surface area contributed by atoms with E-state index in [1.54, 1.807) is 7.11 Å². The zero-order chi connectivity index (χ0) is 54.2. The van der Waals surface area contributed by atoms with Crippen LogP contribution in [-0.2, 0) is 33.4 Å². The summed E-state index contributed by atoms with van der Waals surface area (Å²) in [5, 5.41) is 16.8. The second-order valence-corrected chi connectivity index (χ2v) is 26.9. The maximum atomic E-state index is 14.2. The average Bonchev–Trinajstić information content (AvgIpc) is 4.27. The number of carbonyl (C=O) groups excluding carboxylic acids is 6. The van der Waals surface area contributed by atoms with E-state index in [4.69, 9.17) is 14.2 Å². The van der Waals surface area contributed by atoms with E-state index in [1.165, 1.54) is 12.2 Å². The summed E-state index contributed by atoms with van der Waals surface area (Å²) in [7, 11) is 1.74. The lowest BCUT2D eigenvalue weighted by Crippen LogP contribution is -2.63. The molecule has 0 spiro atoms. The number of hydrogen-bond acceptors (Lipinski definition) is 12. The SMILES string of the molecule is CO[C@@H]1CCC23CC[C@@H](C)[C@](C)(C12)[C@H](OC(=O)NC(=O)[C@H]1CN2CC[C@@H]1C2)C[C@@](C)(CC=CF)C(=O)[C@@H]3C.C[C@@H]1CCC23CCC(=O)C2[C@]1(C)[C@H](OC(=O)NC(=O)[C@H]1CN2CC[C@@H]1C2)C[C@@](C)(CC=CF)[C@@H](O)[C@@H]3C. The van der Waals surface area contributed by atoms with Crippen LogP contribution in [0, 0.1) is 91.7 Å². The van der Waals surface area contributed by atoms with Crippen LogP contribution in [0.4, 0.5) is 18.4 Å². The van der Waals surface area contributed by atoms with Crippen LogP contribution in [0.3, 0.4) is 0 Å². The number of alkyl carbamates (subject to hydrolysis) is 2. The summed E-state index contributed by atoms with van der Waals surface area (Å²) >= 11 is 0. The number of nitrogens with one attached hydrogen (secondary N) is 2. The molecule has 0 aromatic heterocycles. The normalized spacial score (nSPS) is 48.5. The number of Topliss-reactive ketones (excluding diaryl/α,β-unsaturated/α-hetero) is 2. The molecule has 4 aliphatic heterocycles. The molecular formula is C59H88F2N4O10. The summed E-state index contributed by atoms with van der Waals surface area (Å²) in [6.07, 6.45) is 9.67. The molecule has 10 fully saturated rings. The standard InChI is InChI=1S/C30H45FN2O5.C29H43FN2O5/c1-18-7-11-30-12-8-22(37-5)24(30)29(18,4)23(15-28(3,10-6-13-31)25(34)19(30)2)38-27(36)32-26(35)21-17-33-14-9-20(21)16-33;1-17-6-10-29-11-7-21(33)23(29)28(17,4)22(14-27(3,9-5-12-30)24(34)18(29)2)37-26(36)31-25(35)20-16-32-13-8-19(20)15-32/h6,13,18-24H,7-12,14-17H2,1-5H3,(H,32,35,36);5,12,17-20,22-24,34H,6-11,13-16H2,1-4H3,(H,31,35,36)/t18-,19+,20-,21+,22-,23-,24?,28-,29+,30?;17-,18+,19-,20+,22-,23?,24+,27-,28+,29?/m11/s1. The Morgan fingerprint density at radius 2 is 1.21 bits per heavy atom. The quantitative estimate of drug-likeness (QED) is 0.200. The van der Waals surface area contributed by atoms with Gasteiger partial charge in [-0.05, 0) is 137 Å². The highest BCUT2D eigenvalue weighted by atomic mass is 19.1. The first-order valence-electron chi connectivity index (χ1n) is 28.7. The Morgan fingerprint density at radius 3 is 1.73 bits per heavy atom. The number of halogens is 2. The van der Waals surface area contributed by atoms with Crippen LogP contribution >= 0.6 is 0 Å². The van der Waals surface area contributed by atoms with E-state index in [0.717, 1.165) is 77.5 Å². The first-order chi connectivity index (χ1) is 35.5. The summed E-state index contributed by atoms with van der Waals surface area (Å²) in [5.41, 5.74) is -3.42. The summed E-state index contributed by atoms with van der Waals surface area (Å²) in [5.74, 6) is -0.470. The monoisotopic (exact) mass is 1050 g/mol. The number of carbonyl (C=O) groups is 6. The number of ether oxygens (including phenoxy) is 3. The van der Waals surface area contributed by atoms with Crippen LogP contribution in [0.25, 0.3) is 0 Å². The second-order valence-electron chi connectivity index (χ2n) is 26.9. The van der Waals surface area contributed by atoms with E-state index in [0.29, 0.717) is 38.6 Å². The Hall–Kier alpha value is -3.60. The topological polar surface area (TPSA) is 181 Å². The number of rotatable bonds is 9. The lowest BCUT2D eigenvalue weighted by molar-refractivity contribution is -0.197. The molecule has 14 nitrogen and oxygen atoms in total. The molecule has 4 heterocycles. The molecule has 0 aromatic rings. The van der Waals surface area contributed by atoms with Crippen molar-refractivity contribution >= 4 is 35.6 Å².